The van der Waals surface area contributed by atoms with Crippen LogP contribution in [0, 0.1) is 0 Å². The molecule has 0 heterocycles. The first-order valence-corrected chi connectivity index (χ1v) is 9.62. The molecule has 0 aliphatic rings. The number of unbranched alkanes of at least 4 members (excludes halogenated alkanes) is 11. The second-order valence-corrected chi connectivity index (χ2v) is 6.21. The van der Waals surface area contributed by atoms with Crippen LogP contribution in [0.3, 0.4) is 0 Å². The predicted molar refractivity (Wildman–Crippen MR) is 99.6 cm³/mol. The van der Waals surface area contributed by atoms with E-state index in [1.165, 1.54) is 64.2 Å². The molecular formula is C19H35N3O2. The molecule has 0 N–H and O–H groups in total. The zero-order valence-electron chi connectivity index (χ0n) is 15.4. The molecule has 0 amide bonds. The summed E-state index contributed by atoms with van der Waals surface area (Å²) < 4.78 is 4.73. The number of carbonyl (C=O) groups excluding carboxylic acids is 1. The van der Waals surface area contributed by atoms with Gasteiger partial charge in [0.05, 0.1) is 0 Å². The van der Waals surface area contributed by atoms with E-state index in [2.05, 4.69) is 29.1 Å². The van der Waals surface area contributed by atoms with Gasteiger partial charge < -0.3 is 4.74 Å². The molecule has 0 unspecified atom stereocenters. The van der Waals surface area contributed by atoms with Crippen LogP contribution in [0.5, 0.6) is 0 Å². The van der Waals surface area contributed by atoms with Crippen LogP contribution in [-0.4, -0.2) is 12.7 Å². The number of azide groups is 1. The van der Waals surface area contributed by atoms with Crippen LogP contribution in [-0.2, 0) is 9.53 Å². The highest BCUT2D eigenvalue weighted by molar-refractivity contribution is 5.69. The maximum atomic E-state index is 11.2. The van der Waals surface area contributed by atoms with Gasteiger partial charge in [-0.15, -0.1) is 0 Å². The van der Waals surface area contributed by atoms with Crippen molar-refractivity contribution >= 4 is 5.97 Å². The van der Waals surface area contributed by atoms with Crippen molar-refractivity contribution in [2.45, 2.75) is 96.8 Å². The van der Waals surface area contributed by atoms with Gasteiger partial charge in [-0.3, -0.25) is 4.79 Å². The van der Waals surface area contributed by atoms with E-state index in [1.54, 1.807) is 0 Å². The normalized spacial score (nSPS) is 10.7. The van der Waals surface area contributed by atoms with E-state index in [9.17, 15) is 4.79 Å². The summed E-state index contributed by atoms with van der Waals surface area (Å²) in [6.45, 7) is 2.06. The Morgan fingerprint density at radius 1 is 0.917 bits per heavy atom. The molecule has 0 spiro atoms. The van der Waals surface area contributed by atoms with Crippen molar-refractivity contribution < 1.29 is 9.53 Å². The average Bonchev–Trinajstić information content (AvgIpc) is 2.58. The second kappa shape index (κ2) is 19.6. The van der Waals surface area contributed by atoms with Crippen LogP contribution in [0.25, 0.3) is 10.4 Å². The minimum atomic E-state index is -0.278. The smallest absolute Gasteiger partial charge is 0.305 e. The lowest BCUT2D eigenvalue weighted by atomic mass is 10.1. The molecule has 0 aromatic rings. The quantitative estimate of drug-likeness (QED) is 0.0727. The number of allylic oxidation sites excluding steroid dienone is 2. The Labute approximate surface area is 147 Å². The molecule has 138 valence electrons. The lowest BCUT2D eigenvalue weighted by Gasteiger charge is -2.01. The van der Waals surface area contributed by atoms with E-state index in [4.69, 9.17) is 10.3 Å². The first-order chi connectivity index (χ1) is 11.8. The van der Waals surface area contributed by atoms with E-state index < -0.39 is 0 Å². The minimum Gasteiger partial charge on any atom is -0.460 e. The summed E-state index contributed by atoms with van der Waals surface area (Å²) in [5.74, 6) is -0.278. The zero-order valence-corrected chi connectivity index (χ0v) is 15.4. The minimum absolute atomic E-state index is 0.194. The predicted octanol–water partition coefficient (Wildman–Crippen LogP) is 6.83. The van der Waals surface area contributed by atoms with Crippen LogP contribution < -0.4 is 0 Å². The van der Waals surface area contributed by atoms with Gasteiger partial charge in [-0.25, -0.2) is 0 Å². The molecule has 0 aliphatic carbocycles. The van der Waals surface area contributed by atoms with E-state index in [0.717, 1.165) is 19.3 Å². The highest BCUT2D eigenvalue weighted by Gasteiger charge is 2.01. The van der Waals surface area contributed by atoms with Crippen molar-refractivity contribution in [3.63, 3.8) is 0 Å². The number of rotatable bonds is 17. The monoisotopic (exact) mass is 337 g/mol. The Morgan fingerprint density at radius 3 is 2.04 bits per heavy atom. The maximum Gasteiger partial charge on any atom is 0.305 e. The fourth-order valence-electron chi connectivity index (χ4n) is 2.54. The summed E-state index contributed by atoms with van der Waals surface area (Å²) in [6.07, 6.45) is 21.2. The molecular weight excluding hydrogens is 302 g/mol. The number of esters is 1. The lowest BCUT2D eigenvalue weighted by Crippen LogP contribution is -2.03. The summed E-state index contributed by atoms with van der Waals surface area (Å²) in [5, 5.41) is 3.16. The topological polar surface area (TPSA) is 75.1 Å². The Morgan fingerprint density at radius 2 is 1.46 bits per heavy atom. The summed E-state index contributed by atoms with van der Waals surface area (Å²) in [4.78, 5) is 13.8. The first kappa shape index (κ1) is 22.5. The van der Waals surface area contributed by atoms with Crippen molar-refractivity contribution in [2.24, 2.45) is 5.11 Å². The number of hydrogen-bond donors (Lipinski definition) is 0. The van der Waals surface area contributed by atoms with Gasteiger partial charge in [-0.05, 0) is 37.6 Å². The summed E-state index contributed by atoms with van der Waals surface area (Å²) in [6, 6.07) is 0. The van der Waals surface area contributed by atoms with Crippen LogP contribution in [0.1, 0.15) is 96.8 Å². The highest BCUT2D eigenvalue weighted by Crippen LogP contribution is 2.10. The van der Waals surface area contributed by atoms with Crippen molar-refractivity contribution in [1.29, 1.82) is 0 Å². The van der Waals surface area contributed by atoms with Gasteiger partial charge in [0.2, 0.25) is 0 Å². The summed E-state index contributed by atoms with van der Waals surface area (Å²) in [5.41, 5.74) is 8.06. The Hall–Kier alpha value is -1.48. The summed E-state index contributed by atoms with van der Waals surface area (Å²) >= 11 is 0. The van der Waals surface area contributed by atoms with Crippen LogP contribution >= 0.6 is 0 Å². The van der Waals surface area contributed by atoms with Gasteiger partial charge in [0.25, 0.3) is 0 Å². The molecule has 0 radical (unpaired) electrons. The molecule has 0 saturated heterocycles. The molecule has 0 saturated carbocycles. The van der Waals surface area contributed by atoms with E-state index in [1.807, 2.05) is 0 Å². The van der Waals surface area contributed by atoms with Crippen molar-refractivity contribution in [3.8, 4) is 0 Å². The number of ether oxygens (including phenoxy) is 1. The third kappa shape index (κ3) is 18.6. The molecule has 0 fully saturated rings. The van der Waals surface area contributed by atoms with Gasteiger partial charge in [0.15, 0.2) is 6.73 Å². The van der Waals surface area contributed by atoms with E-state index >= 15 is 0 Å². The Kier molecular flexibility index (Phi) is 18.4. The third-order valence-electron chi connectivity index (χ3n) is 3.99. The molecule has 0 bridgehead atoms. The third-order valence-corrected chi connectivity index (χ3v) is 3.99. The van der Waals surface area contributed by atoms with Gasteiger partial charge in [0, 0.05) is 11.3 Å². The molecule has 0 aliphatic heterocycles. The molecule has 0 aromatic heterocycles. The Bertz CT molecular complexity index is 364. The standard InChI is InChI=1S/C19H35N3O2/c1-2-3-4-5-6-7-8-9-10-11-12-13-14-15-16-17-19(23)24-18-21-22-20/h9-10H,2-8,11-18H2,1H3/b10-9-. The summed E-state index contributed by atoms with van der Waals surface area (Å²) in [7, 11) is 0. The second-order valence-electron chi connectivity index (χ2n) is 6.21. The van der Waals surface area contributed by atoms with Gasteiger partial charge in [0.1, 0.15) is 0 Å². The fourth-order valence-corrected chi connectivity index (χ4v) is 2.54. The number of hydrogen-bond acceptors (Lipinski definition) is 3. The molecule has 0 aromatic carbocycles. The first-order valence-electron chi connectivity index (χ1n) is 9.62. The molecule has 0 rings (SSSR count). The van der Waals surface area contributed by atoms with Gasteiger partial charge >= 0.3 is 5.97 Å². The SMILES string of the molecule is CCCCCCCC/C=C\CCCCCCCC(=O)OCN=[N+]=[N-]. The molecule has 5 heteroatoms. The van der Waals surface area contributed by atoms with Crippen LogP contribution in [0.15, 0.2) is 17.3 Å². The largest absolute Gasteiger partial charge is 0.460 e. The lowest BCUT2D eigenvalue weighted by molar-refractivity contribution is -0.143. The molecule has 0 atom stereocenters. The highest BCUT2D eigenvalue weighted by atomic mass is 16.5. The number of carbonyl (C=O) groups is 1. The van der Waals surface area contributed by atoms with E-state index in [-0.39, 0.29) is 12.7 Å². The Balaban J connectivity index is 3.20. The number of nitrogens with zero attached hydrogens (tertiary/aromatic N) is 3. The molecule has 24 heavy (non-hydrogen) atoms. The van der Waals surface area contributed by atoms with Crippen LogP contribution in [0.4, 0.5) is 0 Å². The molecule has 5 nitrogen and oxygen atoms in total. The van der Waals surface area contributed by atoms with Crippen molar-refractivity contribution in [2.75, 3.05) is 6.73 Å². The van der Waals surface area contributed by atoms with Gasteiger partial charge in [-0.2, -0.15) is 0 Å². The maximum absolute atomic E-state index is 11.2. The van der Waals surface area contributed by atoms with Crippen molar-refractivity contribution in [1.82, 2.24) is 0 Å². The average molecular weight is 338 g/mol. The van der Waals surface area contributed by atoms with Gasteiger partial charge in [-0.1, -0.05) is 75.6 Å². The van der Waals surface area contributed by atoms with Crippen LogP contribution in [0.2, 0.25) is 0 Å². The fraction of sp³-hybridized carbons (Fsp3) is 0.842. The zero-order chi connectivity index (χ0) is 17.7. The van der Waals surface area contributed by atoms with E-state index in [0.29, 0.717) is 6.42 Å². The van der Waals surface area contributed by atoms with Crippen molar-refractivity contribution in [3.05, 3.63) is 22.6 Å².